The summed E-state index contributed by atoms with van der Waals surface area (Å²) in [6.45, 7) is 12.7. The quantitative estimate of drug-likeness (QED) is 0.498. The summed E-state index contributed by atoms with van der Waals surface area (Å²) >= 11 is 0. The molecule has 90 valence electrons. The molecule has 0 aliphatic heterocycles. The van der Waals surface area contributed by atoms with E-state index in [1.165, 1.54) is 0 Å². The summed E-state index contributed by atoms with van der Waals surface area (Å²) in [5, 5.41) is 3.28. The summed E-state index contributed by atoms with van der Waals surface area (Å²) in [5.74, 6) is 0.871. The van der Waals surface area contributed by atoms with Crippen molar-refractivity contribution in [1.82, 2.24) is 5.32 Å². The highest BCUT2D eigenvalue weighted by molar-refractivity contribution is 4.85. The van der Waals surface area contributed by atoms with Crippen LogP contribution < -0.4 is 5.32 Å². The van der Waals surface area contributed by atoms with Crippen LogP contribution in [-0.2, 0) is 9.47 Å². The minimum atomic E-state index is -0.124. The fraction of sp³-hybridized carbons (Fsp3) is 0.833. The molecule has 0 aromatic rings. The van der Waals surface area contributed by atoms with E-state index in [9.17, 15) is 0 Å². The molecule has 0 atom stereocenters. The lowest BCUT2D eigenvalue weighted by Gasteiger charge is -2.22. The fourth-order valence-corrected chi connectivity index (χ4v) is 1.19. The van der Waals surface area contributed by atoms with Gasteiger partial charge in [0.25, 0.3) is 0 Å². The highest BCUT2D eigenvalue weighted by Crippen LogP contribution is 2.15. The molecule has 0 rings (SSSR count). The monoisotopic (exact) mass is 215 g/mol. The molecule has 0 aliphatic carbocycles. The molecule has 0 spiro atoms. The number of allylic oxidation sites excluding steroid dienone is 1. The second-order valence-electron chi connectivity index (χ2n) is 4.60. The van der Waals surface area contributed by atoms with Gasteiger partial charge in [-0.3, -0.25) is 0 Å². The Kier molecular flexibility index (Phi) is 7.44. The standard InChI is InChI=1S/C12H25NO2/c1-11(15-12(2,3)4)7-6-8-13-9-10-14-5/h13H,1,6-10H2,2-5H3. The number of methoxy groups -OCH3 is 1. The Morgan fingerprint density at radius 2 is 1.93 bits per heavy atom. The van der Waals surface area contributed by atoms with Crippen LogP contribution in [0.1, 0.15) is 33.6 Å². The highest BCUT2D eigenvalue weighted by Gasteiger charge is 2.11. The van der Waals surface area contributed by atoms with E-state index in [-0.39, 0.29) is 5.60 Å². The first kappa shape index (κ1) is 14.5. The summed E-state index contributed by atoms with van der Waals surface area (Å²) < 4.78 is 10.5. The second-order valence-corrected chi connectivity index (χ2v) is 4.60. The van der Waals surface area contributed by atoms with Crippen LogP contribution in [0.5, 0.6) is 0 Å². The molecule has 0 aromatic carbocycles. The zero-order chi connectivity index (χ0) is 11.7. The van der Waals surface area contributed by atoms with Gasteiger partial charge < -0.3 is 14.8 Å². The van der Waals surface area contributed by atoms with Crippen LogP contribution in [0.3, 0.4) is 0 Å². The van der Waals surface area contributed by atoms with Gasteiger partial charge in [0, 0.05) is 20.1 Å². The maximum absolute atomic E-state index is 5.62. The van der Waals surface area contributed by atoms with Gasteiger partial charge >= 0.3 is 0 Å². The van der Waals surface area contributed by atoms with Gasteiger partial charge in [0.2, 0.25) is 0 Å². The van der Waals surface area contributed by atoms with Crippen LogP contribution in [-0.4, -0.2) is 32.4 Å². The maximum Gasteiger partial charge on any atom is 0.100 e. The smallest absolute Gasteiger partial charge is 0.100 e. The third-order valence-corrected chi connectivity index (χ3v) is 1.74. The summed E-state index contributed by atoms with van der Waals surface area (Å²) in [6, 6.07) is 0. The summed E-state index contributed by atoms with van der Waals surface area (Å²) in [5.41, 5.74) is -0.124. The summed E-state index contributed by atoms with van der Waals surface area (Å²) in [7, 11) is 1.71. The average Bonchev–Trinajstić information content (AvgIpc) is 2.08. The minimum Gasteiger partial charge on any atom is -0.493 e. The Labute approximate surface area is 93.8 Å². The van der Waals surface area contributed by atoms with Crippen LogP contribution in [0, 0.1) is 0 Å². The van der Waals surface area contributed by atoms with Gasteiger partial charge in [0.05, 0.1) is 12.4 Å². The number of hydrogen-bond acceptors (Lipinski definition) is 3. The molecule has 0 heterocycles. The van der Waals surface area contributed by atoms with Crippen molar-refractivity contribution < 1.29 is 9.47 Å². The first-order chi connectivity index (χ1) is 6.95. The summed E-state index contributed by atoms with van der Waals surface area (Å²) in [4.78, 5) is 0. The van der Waals surface area contributed by atoms with E-state index in [4.69, 9.17) is 9.47 Å². The molecular weight excluding hydrogens is 190 g/mol. The van der Waals surface area contributed by atoms with E-state index in [0.717, 1.165) is 38.3 Å². The van der Waals surface area contributed by atoms with Crippen molar-refractivity contribution in [3.8, 4) is 0 Å². The van der Waals surface area contributed by atoms with Crippen molar-refractivity contribution >= 4 is 0 Å². The Hall–Kier alpha value is -0.540. The van der Waals surface area contributed by atoms with Crippen molar-refractivity contribution in [1.29, 1.82) is 0 Å². The zero-order valence-corrected chi connectivity index (χ0v) is 10.6. The van der Waals surface area contributed by atoms with Crippen molar-refractivity contribution in [2.75, 3.05) is 26.8 Å². The fourth-order valence-electron chi connectivity index (χ4n) is 1.19. The van der Waals surface area contributed by atoms with Crippen LogP contribution in [0.2, 0.25) is 0 Å². The van der Waals surface area contributed by atoms with E-state index in [0.29, 0.717) is 0 Å². The largest absolute Gasteiger partial charge is 0.493 e. The molecule has 0 saturated heterocycles. The maximum atomic E-state index is 5.62. The van der Waals surface area contributed by atoms with Crippen molar-refractivity contribution in [3.63, 3.8) is 0 Å². The van der Waals surface area contributed by atoms with Crippen LogP contribution in [0.4, 0.5) is 0 Å². The van der Waals surface area contributed by atoms with Crippen molar-refractivity contribution in [3.05, 3.63) is 12.3 Å². The van der Waals surface area contributed by atoms with Gasteiger partial charge in [-0.05, 0) is 33.7 Å². The number of ether oxygens (including phenoxy) is 2. The van der Waals surface area contributed by atoms with Crippen molar-refractivity contribution in [2.45, 2.75) is 39.2 Å². The Balaban J connectivity index is 3.32. The van der Waals surface area contributed by atoms with E-state index >= 15 is 0 Å². The first-order valence-electron chi connectivity index (χ1n) is 5.52. The van der Waals surface area contributed by atoms with Crippen LogP contribution >= 0.6 is 0 Å². The Morgan fingerprint density at radius 3 is 2.47 bits per heavy atom. The number of hydrogen-bond donors (Lipinski definition) is 1. The predicted molar refractivity (Wildman–Crippen MR) is 64.0 cm³/mol. The highest BCUT2D eigenvalue weighted by atomic mass is 16.5. The molecule has 0 fully saturated rings. The van der Waals surface area contributed by atoms with Gasteiger partial charge in [0.15, 0.2) is 0 Å². The molecule has 0 bridgehead atoms. The van der Waals surface area contributed by atoms with E-state index in [1.807, 2.05) is 20.8 Å². The van der Waals surface area contributed by atoms with Gasteiger partial charge in [-0.15, -0.1) is 0 Å². The van der Waals surface area contributed by atoms with Gasteiger partial charge in [0.1, 0.15) is 5.60 Å². The minimum absolute atomic E-state index is 0.124. The van der Waals surface area contributed by atoms with Gasteiger partial charge in [-0.1, -0.05) is 6.58 Å². The van der Waals surface area contributed by atoms with Gasteiger partial charge in [-0.25, -0.2) is 0 Å². The third-order valence-electron chi connectivity index (χ3n) is 1.74. The number of rotatable bonds is 8. The lowest BCUT2D eigenvalue weighted by Crippen LogP contribution is -2.21. The molecule has 0 aliphatic rings. The molecule has 0 unspecified atom stereocenters. The molecule has 0 radical (unpaired) electrons. The normalized spacial score (nSPS) is 11.5. The lowest BCUT2D eigenvalue weighted by molar-refractivity contribution is 0.0474. The van der Waals surface area contributed by atoms with Crippen molar-refractivity contribution in [2.24, 2.45) is 0 Å². The Morgan fingerprint density at radius 1 is 1.27 bits per heavy atom. The molecule has 15 heavy (non-hydrogen) atoms. The predicted octanol–water partition coefficient (Wildman–Crippen LogP) is 2.33. The Bertz CT molecular complexity index is 173. The second kappa shape index (κ2) is 7.71. The molecule has 1 N–H and O–H groups in total. The zero-order valence-electron chi connectivity index (χ0n) is 10.6. The molecule has 0 aromatic heterocycles. The van der Waals surface area contributed by atoms with E-state index < -0.39 is 0 Å². The number of nitrogens with one attached hydrogen (secondary N) is 1. The molecule has 3 nitrogen and oxygen atoms in total. The molecule has 0 saturated carbocycles. The first-order valence-corrected chi connectivity index (χ1v) is 5.52. The summed E-state index contributed by atoms with van der Waals surface area (Å²) in [6.07, 6.45) is 1.97. The topological polar surface area (TPSA) is 30.5 Å². The van der Waals surface area contributed by atoms with Gasteiger partial charge in [-0.2, -0.15) is 0 Å². The van der Waals surface area contributed by atoms with E-state index in [2.05, 4.69) is 11.9 Å². The lowest BCUT2D eigenvalue weighted by atomic mass is 10.2. The van der Waals surface area contributed by atoms with E-state index in [1.54, 1.807) is 7.11 Å². The average molecular weight is 215 g/mol. The molecule has 0 amide bonds. The van der Waals surface area contributed by atoms with Crippen LogP contribution in [0.25, 0.3) is 0 Å². The SMILES string of the molecule is C=C(CCCNCCOC)OC(C)(C)C. The molecule has 3 heteroatoms. The third kappa shape index (κ3) is 11.4. The van der Waals surface area contributed by atoms with Crippen LogP contribution in [0.15, 0.2) is 12.3 Å². The molecular formula is C12H25NO2.